The van der Waals surface area contributed by atoms with Gasteiger partial charge in [0, 0.05) is 12.3 Å². The first-order chi connectivity index (χ1) is 11.1. The molecule has 2 aliphatic carbocycles. The number of rotatable bonds is 6. The van der Waals surface area contributed by atoms with Crippen LogP contribution in [0.25, 0.3) is 0 Å². The first-order valence-electron chi connectivity index (χ1n) is 7.49. The van der Waals surface area contributed by atoms with E-state index in [2.05, 4.69) is 10.3 Å². The van der Waals surface area contributed by atoms with Gasteiger partial charge in [-0.15, -0.1) is 0 Å². The number of hydrogen-bond donors (Lipinski definition) is 2. The number of carboxylic acid groups (broad SMARTS) is 1. The lowest BCUT2D eigenvalue weighted by Gasteiger charge is -2.23. The summed E-state index contributed by atoms with van der Waals surface area (Å²) in [5, 5.41) is 12.6. The second kappa shape index (κ2) is 6.58. The fraction of sp³-hybridized carbons (Fsp3) is 0.438. The number of hydrogen-bond acceptors (Lipinski definition) is 4. The molecule has 1 aromatic heterocycles. The molecule has 4 unspecified atom stereocenters. The number of halogens is 1. The van der Waals surface area contributed by atoms with Gasteiger partial charge >= 0.3 is 5.97 Å². The summed E-state index contributed by atoms with van der Waals surface area (Å²) in [6.07, 6.45) is 6.11. The van der Waals surface area contributed by atoms with E-state index in [0.717, 1.165) is 6.42 Å². The number of nitrogens with one attached hydrogen (secondary N) is 1. The van der Waals surface area contributed by atoms with Crippen LogP contribution in [0.5, 0.6) is 5.88 Å². The molecule has 1 saturated carbocycles. The molecule has 0 saturated heterocycles. The smallest absolute Gasteiger partial charge is 0.307 e. The first kappa shape index (κ1) is 15.8. The molecule has 1 fully saturated rings. The monoisotopic (exact) mass is 336 g/mol. The number of allylic oxidation sites excluding steroid dienone is 2. The van der Waals surface area contributed by atoms with Crippen LogP contribution in [0.2, 0.25) is 5.02 Å². The van der Waals surface area contributed by atoms with Gasteiger partial charge in [-0.3, -0.25) is 9.59 Å². The number of nitrogens with zero attached hydrogens (tertiary/aromatic N) is 1. The number of ether oxygens (including phenoxy) is 1. The van der Waals surface area contributed by atoms with Gasteiger partial charge in [-0.05, 0) is 24.3 Å². The summed E-state index contributed by atoms with van der Waals surface area (Å²) in [4.78, 5) is 27.7. The number of fused-ring (bicyclic) bond motifs is 2. The molecule has 2 aliphatic rings. The van der Waals surface area contributed by atoms with Gasteiger partial charge in [0.1, 0.15) is 6.61 Å². The molecule has 0 spiro atoms. The van der Waals surface area contributed by atoms with Crippen molar-refractivity contribution in [3.8, 4) is 5.88 Å². The summed E-state index contributed by atoms with van der Waals surface area (Å²) in [5.74, 6) is -1.80. The van der Waals surface area contributed by atoms with Crippen LogP contribution in [0, 0.1) is 23.7 Å². The maximum atomic E-state index is 12.3. The van der Waals surface area contributed by atoms with Crippen LogP contribution in [0.3, 0.4) is 0 Å². The van der Waals surface area contributed by atoms with Crippen LogP contribution >= 0.6 is 11.6 Å². The molecule has 0 aliphatic heterocycles. The Morgan fingerprint density at radius 2 is 2.04 bits per heavy atom. The Kier molecular flexibility index (Phi) is 4.52. The van der Waals surface area contributed by atoms with Gasteiger partial charge in [0.15, 0.2) is 0 Å². The SMILES string of the molecule is O=C(O)C1C2C=CC(C2)C1C(=O)NCCOc1ccc(Cl)cn1. The predicted octanol–water partition coefficient (Wildman–Crippen LogP) is 1.75. The van der Waals surface area contributed by atoms with E-state index in [9.17, 15) is 14.7 Å². The van der Waals surface area contributed by atoms with Crippen LogP contribution in [0.4, 0.5) is 0 Å². The zero-order valence-electron chi connectivity index (χ0n) is 12.3. The van der Waals surface area contributed by atoms with E-state index >= 15 is 0 Å². The number of aromatic nitrogens is 1. The number of aliphatic carboxylic acids is 1. The van der Waals surface area contributed by atoms with Gasteiger partial charge in [-0.2, -0.15) is 0 Å². The van der Waals surface area contributed by atoms with Gasteiger partial charge in [-0.1, -0.05) is 23.8 Å². The predicted molar refractivity (Wildman–Crippen MR) is 83.1 cm³/mol. The number of carbonyl (C=O) groups is 2. The molecule has 1 heterocycles. The fourth-order valence-electron chi connectivity index (χ4n) is 3.41. The average Bonchev–Trinajstić information content (AvgIpc) is 3.14. The summed E-state index contributed by atoms with van der Waals surface area (Å²) in [6.45, 7) is 0.557. The highest BCUT2D eigenvalue weighted by atomic mass is 35.5. The van der Waals surface area contributed by atoms with Crippen LogP contribution in [0.15, 0.2) is 30.5 Å². The lowest BCUT2D eigenvalue weighted by atomic mass is 9.82. The number of amides is 1. The summed E-state index contributed by atoms with van der Waals surface area (Å²) in [5.41, 5.74) is 0. The van der Waals surface area contributed by atoms with Gasteiger partial charge in [0.25, 0.3) is 0 Å². The molecule has 1 aromatic rings. The fourth-order valence-corrected chi connectivity index (χ4v) is 3.52. The molecule has 23 heavy (non-hydrogen) atoms. The molecule has 1 amide bonds. The van der Waals surface area contributed by atoms with Gasteiger partial charge in [0.2, 0.25) is 11.8 Å². The molecular formula is C16H17ClN2O4. The van der Waals surface area contributed by atoms with Crippen molar-refractivity contribution < 1.29 is 19.4 Å². The lowest BCUT2D eigenvalue weighted by Crippen LogP contribution is -2.41. The Morgan fingerprint density at radius 1 is 1.30 bits per heavy atom. The van der Waals surface area contributed by atoms with Crippen molar-refractivity contribution in [2.45, 2.75) is 6.42 Å². The van der Waals surface area contributed by atoms with E-state index in [0.29, 0.717) is 17.4 Å². The summed E-state index contributed by atoms with van der Waals surface area (Å²) < 4.78 is 5.40. The van der Waals surface area contributed by atoms with E-state index in [1.54, 1.807) is 12.1 Å². The van der Waals surface area contributed by atoms with E-state index in [4.69, 9.17) is 16.3 Å². The highest BCUT2D eigenvalue weighted by molar-refractivity contribution is 6.30. The minimum Gasteiger partial charge on any atom is -0.481 e. The molecule has 4 atom stereocenters. The molecule has 3 rings (SSSR count). The minimum absolute atomic E-state index is 0.0252. The molecular weight excluding hydrogens is 320 g/mol. The van der Waals surface area contributed by atoms with Crippen molar-refractivity contribution in [1.29, 1.82) is 0 Å². The Morgan fingerprint density at radius 3 is 2.70 bits per heavy atom. The lowest BCUT2D eigenvalue weighted by molar-refractivity contribution is -0.147. The number of carboxylic acids is 1. The topological polar surface area (TPSA) is 88.5 Å². The third-order valence-electron chi connectivity index (χ3n) is 4.40. The van der Waals surface area contributed by atoms with Crippen molar-refractivity contribution in [2.75, 3.05) is 13.2 Å². The largest absolute Gasteiger partial charge is 0.481 e. The van der Waals surface area contributed by atoms with Crippen molar-refractivity contribution in [1.82, 2.24) is 10.3 Å². The standard InChI is InChI=1S/C16H17ClN2O4/c17-11-3-4-12(19-8-11)23-6-5-18-15(20)13-9-1-2-10(7-9)14(13)16(21)22/h1-4,8-10,13-14H,5-7H2,(H,18,20)(H,21,22). The summed E-state index contributed by atoms with van der Waals surface area (Å²) in [6, 6.07) is 3.31. The van der Waals surface area contributed by atoms with Crippen molar-refractivity contribution in [3.05, 3.63) is 35.5 Å². The van der Waals surface area contributed by atoms with Crippen LogP contribution in [0.1, 0.15) is 6.42 Å². The summed E-state index contributed by atoms with van der Waals surface area (Å²) in [7, 11) is 0. The van der Waals surface area contributed by atoms with Crippen molar-refractivity contribution in [3.63, 3.8) is 0 Å². The molecule has 2 bridgehead atoms. The summed E-state index contributed by atoms with van der Waals surface area (Å²) >= 11 is 5.73. The Hall–Kier alpha value is -2.08. The maximum Gasteiger partial charge on any atom is 0.307 e. The third kappa shape index (κ3) is 3.32. The maximum absolute atomic E-state index is 12.3. The van der Waals surface area contributed by atoms with Gasteiger partial charge in [0.05, 0.1) is 23.4 Å². The van der Waals surface area contributed by atoms with E-state index in [-0.39, 0.29) is 24.3 Å². The van der Waals surface area contributed by atoms with Crippen LogP contribution in [-0.2, 0) is 9.59 Å². The molecule has 0 aromatic carbocycles. The molecule has 122 valence electrons. The highest BCUT2D eigenvalue weighted by Crippen LogP contribution is 2.48. The minimum atomic E-state index is -0.899. The van der Waals surface area contributed by atoms with Crippen LogP contribution < -0.4 is 10.1 Å². The van der Waals surface area contributed by atoms with E-state index < -0.39 is 17.8 Å². The second-order valence-electron chi connectivity index (χ2n) is 5.79. The van der Waals surface area contributed by atoms with Gasteiger partial charge < -0.3 is 15.2 Å². The second-order valence-corrected chi connectivity index (χ2v) is 6.23. The highest BCUT2D eigenvalue weighted by Gasteiger charge is 2.51. The van der Waals surface area contributed by atoms with E-state index in [1.165, 1.54) is 6.20 Å². The molecule has 0 radical (unpaired) electrons. The third-order valence-corrected chi connectivity index (χ3v) is 4.62. The molecule has 2 N–H and O–H groups in total. The van der Waals surface area contributed by atoms with Crippen LogP contribution in [-0.4, -0.2) is 35.1 Å². The quantitative estimate of drug-likeness (QED) is 0.610. The Labute approximate surface area is 138 Å². The normalized spacial score (nSPS) is 27.9. The Bertz CT molecular complexity index is 631. The Balaban J connectivity index is 1.48. The molecule has 7 heteroatoms. The van der Waals surface area contributed by atoms with Gasteiger partial charge in [-0.25, -0.2) is 4.98 Å². The van der Waals surface area contributed by atoms with Crippen molar-refractivity contribution >= 4 is 23.5 Å². The first-order valence-corrected chi connectivity index (χ1v) is 7.87. The molecule has 6 nitrogen and oxygen atoms in total. The number of pyridine rings is 1. The zero-order chi connectivity index (χ0) is 16.4. The van der Waals surface area contributed by atoms with E-state index in [1.807, 2.05) is 12.2 Å². The number of carbonyl (C=O) groups excluding carboxylic acids is 1. The zero-order valence-corrected chi connectivity index (χ0v) is 13.1. The van der Waals surface area contributed by atoms with Crippen molar-refractivity contribution in [2.24, 2.45) is 23.7 Å². The average molecular weight is 337 g/mol.